The van der Waals surface area contributed by atoms with Crippen molar-refractivity contribution in [3.63, 3.8) is 0 Å². The lowest BCUT2D eigenvalue weighted by atomic mass is 10.2. The van der Waals surface area contributed by atoms with Gasteiger partial charge >= 0.3 is 0 Å². The monoisotopic (exact) mass is 393 g/mol. The molecule has 1 aliphatic heterocycles. The van der Waals surface area contributed by atoms with Crippen LogP contribution in [0.3, 0.4) is 0 Å². The predicted molar refractivity (Wildman–Crippen MR) is 109 cm³/mol. The van der Waals surface area contributed by atoms with E-state index in [2.05, 4.69) is 9.98 Å². The Labute approximate surface area is 166 Å². The predicted octanol–water partition coefficient (Wildman–Crippen LogP) is 5.22. The number of hydrogen-bond donors (Lipinski definition) is 0. The SMILES string of the molecule is O=C1/C(=C\c2ccc(Cl)cc2Cl)N=C(c2ccccc2)N1c1ccccn1. The van der Waals surface area contributed by atoms with Gasteiger partial charge in [0.15, 0.2) is 0 Å². The van der Waals surface area contributed by atoms with Gasteiger partial charge in [0.2, 0.25) is 0 Å². The number of pyridine rings is 1. The van der Waals surface area contributed by atoms with E-state index >= 15 is 0 Å². The van der Waals surface area contributed by atoms with E-state index in [1.807, 2.05) is 36.4 Å². The van der Waals surface area contributed by atoms with Gasteiger partial charge in [0.05, 0.1) is 0 Å². The van der Waals surface area contributed by atoms with E-state index in [0.717, 1.165) is 5.56 Å². The normalized spacial score (nSPS) is 15.3. The third-order valence-electron chi connectivity index (χ3n) is 4.03. The van der Waals surface area contributed by atoms with Crippen molar-refractivity contribution in [1.29, 1.82) is 0 Å². The molecule has 4 nitrogen and oxygen atoms in total. The number of benzene rings is 2. The van der Waals surface area contributed by atoms with Crippen LogP contribution in [-0.2, 0) is 4.79 Å². The molecule has 4 rings (SSSR count). The third-order valence-corrected chi connectivity index (χ3v) is 4.59. The van der Waals surface area contributed by atoms with Crippen molar-refractivity contribution in [2.45, 2.75) is 0 Å². The van der Waals surface area contributed by atoms with Crippen molar-refractivity contribution in [2.75, 3.05) is 4.90 Å². The zero-order valence-electron chi connectivity index (χ0n) is 14.0. The quantitative estimate of drug-likeness (QED) is 0.572. The first-order chi connectivity index (χ1) is 13.1. The molecule has 0 saturated heterocycles. The molecule has 0 radical (unpaired) electrons. The average molecular weight is 394 g/mol. The molecular formula is C21H13Cl2N3O. The van der Waals surface area contributed by atoms with Gasteiger partial charge in [0, 0.05) is 21.8 Å². The van der Waals surface area contributed by atoms with E-state index in [9.17, 15) is 4.79 Å². The number of nitrogens with zero attached hydrogens (tertiary/aromatic N) is 3. The van der Waals surface area contributed by atoms with E-state index in [0.29, 0.717) is 27.3 Å². The summed E-state index contributed by atoms with van der Waals surface area (Å²) in [5.74, 6) is 0.768. The fourth-order valence-corrected chi connectivity index (χ4v) is 3.22. The van der Waals surface area contributed by atoms with Gasteiger partial charge < -0.3 is 0 Å². The molecule has 2 heterocycles. The molecule has 0 unspecified atom stereocenters. The summed E-state index contributed by atoms with van der Waals surface area (Å²) in [4.78, 5) is 23.5. The lowest BCUT2D eigenvalue weighted by Crippen LogP contribution is -2.33. The molecule has 3 aromatic rings. The van der Waals surface area contributed by atoms with Crippen LogP contribution in [0.25, 0.3) is 6.08 Å². The average Bonchev–Trinajstić information content (AvgIpc) is 3.02. The van der Waals surface area contributed by atoms with Gasteiger partial charge in [-0.3, -0.25) is 4.79 Å². The van der Waals surface area contributed by atoms with E-state index in [1.165, 1.54) is 4.90 Å². The molecular weight excluding hydrogens is 381 g/mol. The lowest BCUT2D eigenvalue weighted by Gasteiger charge is -2.17. The minimum atomic E-state index is -0.265. The molecule has 27 heavy (non-hydrogen) atoms. The van der Waals surface area contributed by atoms with Gasteiger partial charge in [0.25, 0.3) is 5.91 Å². The van der Waals surface area contributed by atoms with Crippen LogP contribution in [0.2, 0.25) is 10.0 Å². The zero-order valence-corrected chi connectivity index (χ0v) is 15.5. The summed E-state index contributed by atoms with van der Waals surface area (Å²) in [5, 5.41) is 0.985. The van der Waals surface area contributed by atoms with Crippen molar-refractivity contribution in [2.24, 2.45) is 4.99 Å². The summed E-state index contributed by atoms with van der Waals surface area (Å²) >= 11 is 12.2. The molecule has 1 aromatic heterocycles. The van der Waals surface area contributed by atoms with Gasteiger partial charge in [-0.1, -0.05) is 65.7 Å². The molecule has 0 saturated carbocycles. The fraction of sp³-hybridized carbons (Fsp3) is 0. The van der Waals surface area contributed by atoms with E-state index in [1.54, 1.807) is 42.6 Å². The highest BCUT2D eigenvalue weighted by atomic mass is 35.5. The number of aliphatic imine (C=N–C) groups is 1. The van der Waals surface area contributed by atoms with Crippen LogP contribution < -0.4 is 4.90 Å². The van der Waals surface area contributed by atoms with Crippen LogP contribution in [0.4, 0.5) is 5.82 Å². The number of aromatic nitrogens is 1. The van der Waals surface area contributed by atoms with Crippen LogP contribution >= 0.6 is 23.2 Å². The maximum atomic E-state index is 13.1. The molecule has 0 N–H and O–H groups in total. The van der Waals surface area contributed by atoms with Gasteiger partial charge in [-0.2, -0.15) is 0 Å². The number of carbonyl (C=O) groups is 1. The summed E-state index contributed by atoms with van der Waals surface area (Å²) in [6.45, 7) is 0. The van der Waals surface area contributed by atoms with Crippen LogP contribution in [0.1, 0.15) is 11.1 Å². The number of carbonyl (C=O) groups excluding carboxylic acids is 1. The molecule has 1 amide bonds. The number of halogens is 2. The van der Waals surface area contributed by atoms with Crippen LogP contribution in [0.5, 0.6) is 0 Å². The summed E-state index contributed by atoms with van der Waals surface area (Å²) in [5.41, 5.74) is 1.77. The highest BCUT2D eigenvalue weighted by Crippen LogP contribution is 2.29. The van der Waals surface area contributed by atoms with Gasteiger partial charge in [-0.15, -0.1) is 0 Å². The maximum Gasteiger partial charge on any atom is 0.283 e. The number of rotatable bonds is 3. The smallest absolute Gasteiger partial charge is 0.266 e. The zero-order chi connectivity index (χ0) is 18.8. The van der Waals surface area contributed by atoms with E-state index < -0.39 is 0 Å². The number of anilines is 1. The summed E-state index contributed by atoms with van der Waals surface area (Å²) in [7, 11) is 0. The summed E-state index contributed by atoms with van der Waals surface area (Å²) < 4.78 is 0. The Bertz CT molecular complexity index is 1060. The molecule has 6 heteroatoms. The van der Waals surface area contributed by atoms with Gasteiger partial charge in [0.1, 0.15) is 17.4 Å². The van der Waals surface area contributed by atoms with Crippen molar-refractivity contribution >= 4 is 46.8 Å². The molecule has 2 aromatic carbocycles. The van der Waals surface area contributed by atoms with Crippen molar-refractivity contribution in [1.82, 2.24) is 4.98 Å². The topological polar surface area (TPSA) is 45.6 Å². The minimum absolute atomic E-state index is 0.265. The molecule has 0 spiro atoms. The Hall–Kier alpha value is -2.95. The number of hydrogen-bond acceptors (Lipinski definition) is 3. The number of amidine groups is 1. The van der Waals surface area contributed by atoms with E-state index in [-0.39, 0.29) is 11.6 Å². The Balaban J connectivity index is 1.83. The summed E-state index contributed by atoms with van der Waals surface area (Å²) in [6.07, 6.45) is 3.30. The van der Waals surface area contributed by atoms with Crippen LogP contribution in [0, 0.1) is 0 Å². The largest absolute Gasteiger partial charge is 0.283 e. The molecule has 0 bridgehead atoms. The second kappa shape index (κ2) is 7.35. The third kappa shape index (κ3) is 3.50. The minimum Gasteiger partial charge on any atom is -0.266 e. The first kappa shape index (κ1) is 17.5. The Morgan fingerprint density at radius 2 is 1.70 bits per heavy atom. The second-order valence-corrected chi connectivity index (χ2v) is 6.67. The lowest BCUT2D eigenvalue weighted by molar-refractivity contribution is -0.113. The molecule has 0 atom stereocenters. The maximum absolute atomic E-state index is 13.1. The molecule has 0 fully saturated rings. The van der Waals surface area contributed by atoms with Crippen LogP contribution in [-0.4, -0.2) is 16.7 Å². The second-order valence-electron chi connectivity index (χ2n) is 5.83. The Kier molecular flexibility index (Phi) is 4.75. The molecule has 1 aliphatic rings. The van der Waals surface area contributed by atoms with Crippen molar-refractivity contribution in [3.05, 3.63) is 99.8 Å². The highest BCUT2D eigenvalue weighted by molar-refractivity contribution is 6.36. The van der Waals surface area contributed by atoms with E-state index in [4.69, 9.17) is 23.2 Å². The summed E-state index contributed by atoms with van der Waals surface area (Å²) in [6, 6.07) is 20.0. The Morgan fingerprint density at radius 1 is 0.926 bits per heavy atom. The number of amides is 1. The van der Waals surface area contributed by atoms with Gasteiger partial charge in [-0.25, -0.2) is 14.9 Å². The Morgan fingerprint density at radius 3 is 2.41 bits per heavy atom. The highest BCUT2D eigenvalue weighted by Gasteiger charge is 2.33. The van der Waals surface area contributed by atoms with Crippen molar-refractivity contribution in [3.8, 4) is 0 Å². The van der Waals surface area contributed by atoms with Crippen molar-refractivity contribution < 1.29 is 4.79 Å². The first-order valence-electron chi connectivity index (χ1n) is 8.20. The standard InChI is InChI=1S/C21H13Cl2N3O/c22-16-10-9-15(17(23)13-16)12-18-21(27)26(19-8-4-5-11-24-19)20(25-18)14-6-2-1-3-7-14/h1-13H/b18-12+. The van der Waals surface area contributed by atoms with Gasteiger partial charge in [-0.05, 0) is 35.9 Å². The molecule has 132 valence electrons. The van der Waals surface area contributed by atoms with Crippen LogP contribution in [0.15, 0.2) is 83.6 Å². The first-order valence-corrected chi connectivity index (χ1v) is 8.95. The molecule has 0 aliphatic carbocycles. The fourth-order valence-electron chi connectivity index (χ4n) is 2.76.